The van der Waals surface area contributed by atoms with Crippen molar-refractivity contribution in [3.63, 3.8) is 0 Å². The first kappa shape index (κ1) is 16.2. The second-order valence-electron chi connectivity index (χ2n) is 7.22. The van der Waals surface area contributed by atoms with E-state index in [0.717, 1.165) is 38.2 Å². The highest BCUT2D eigenvalue weighted by Gasteiger charge is 2.54. The van der Waals surface area contributed by atoms with Crippen molar-refractivity contribution < 1.29 is 4.79 Å². The monoisotopic (exact) mass is 317 g/mol. The molecular weight excluding hydrogens is 290 g/mol. The normalized spacial score (nSPS) is 26.4. The van der Waals surface area contributed by atoms with Gasteiger partial charge in [-0.1, -0.05) is 13.3 Å². The van der Waals surface area contributed by atoms with Crippen LogP contribution >= 0.6 is 0 Å². The lowest BCUT2D eigenvalue weighted by molar-refractivity contribution is -0.140. The first-order valence-corrected chi connectivity index (χ1v) is 8.69. The minimum atomic E-state index is -0.199. The highest BCUT2D eigenvalue weighted by molar-refractivity contribution is 6.04. The van der Waals surface area contributed by atoms with E-state index in [1.165, 1.54) is 23.5 Å². The predicted octanol–water partition coefficient (Wildman–Crippen LogP) is 2.00. The van der Waals surface area contributed by atoms with Crippen LogP contribution in [0.15, 0.2) is 23.1 Å². The number of hydrogen-bond donors (Lipinski definition) is 0. The van der Waals surface area contributed by atoms with E-state index in [1.807, 2.05) is 4.90 Å². The van der Waals surface area contributed by atoms with Crippen LogP contribution in [0, 0.1) is 5.41 Å². The van der Waals surface area contributed by atoms with Gasteiger partial charge in [0.15, 0.2) is 0 Å². The summed E-state index contributed by atoms with van der Waals surface area (Å²) in [7, 11) is 1.72. The Kier molecular flexibility index (Phi) is 4.32. The number of aromatic nitrogens is 1. The zero-order valence-corrected chi connectivity index (χ0v) is 14.4. The van der Waals surface area contributed by atoms with Crippen LogP contribution < -0.4 is 10.5 Å². The van der Waals surface area contributed by atoms with Crippen LogP contribution in [-0.4, -0.2) is 41.1 Å². The third-order valence-corrected chi connectivity index (χ3v) is 5.48. The number of pyridine rings is 1. The van der Waals surface area contributed by atoms with Crippen LogP contribution in [0.3, 0.4) is 0 Å². The molecule has 0 aliphatic carbocycles. The van der Waals surface area contributed by atoms with Gasteiger partial charge in [-0.3, -0.25) is 14.5 Å². The van der Waals surface area contributed by atoms with Crippen molar-refractivity contribution in [1.29, 1.82) is 0 Å². The van der Waals surface area contributed by atoms with E-state index in [9.17, 15) is 9.59 Å². The van der Waals surface area contributed by atoms with Crippen molar-refractivity contribution >= 4 is 11.6 Å². The van der Waals surface area contributed by atoms with Crippen molar-refractivity contribution in [3.8, 4) is 0 Å². The van der Waals surface area contributed by atoms with Crippen molar-refractivity contribution in [3.05, 3.63) is 28.7 Å². The fourth-order valence-electron chi connectivity index (χ4n) is 4.03. The average Bonchev–Trinajstić information content (AvgIpc) is 2.55. The first-order chi connectivity index (χ1) is 11.0. The molecule has 5 heteroatoms. The molecule has 2 saturated heterocycles. The van der Waals surface area contributed by atoms with Crippen LogP contribution in [0.5, 0.6) is 0 Å². The topological polar surface area (TPSA) is 45.5 Å². The lowest BCUT2D eigenvalue weighted by atomic mass is 9.71. The van der Waals surface area contributed by atoms with Gasteiger partial charge in [-0.2, -0.15) is 0 Å². The summed E-state index contributed by atoms with van der Waals surface area (Å²) in [6.45, 7) is 7.26. The number of nitrogens with zero attached hydrogens (tertiary/aromatic N) is 3. The van der Waals surface area contributed by atoms with Crippen LogP contribution in [0.25, 0.3) is 0 Å². The molecule has 2 aliphatic rings. The zero-order chi connectivity index (χ0) is 16.6. The average molecular weight is 317 g/mol. The molecule has 1 aromatic heterocycles. The van der Waals surface area contributed by atoms with Crippen molar-refractivity contribution in [2.45, 2.75) is 45.6 Å². The molecule has 0 aromatic carbocycles. The Hall–Kier alpha value is -1.62. The van der Waals surface area contributed by atoms with Gasteiger partial charge < -0.3 is 9.47 Å². The second kappa shape index (κ2) is 6.11. The molecule has 1 aromatic rings. The van der Waals surface area contributed by atoms with Gasteiger partial charge in [0.2, 0.25) is 11.5 Å². The summed E-state index contributed by atoms with van der Waals surface area (Å²) < 4.78 is 1.53. The second-order valence-corrected chi connectivity index (χ2v) is 7.22. The maximum atomic E-state index is 12.9. The summed E-state index contributed by atoms with van der Waals surface area (Å²) in [5.41, 5.74) is 0.588. The predicted molar refractivity (Wildman–Crippen MR) is 91.6 cm³/mol. The minimum Gasteiger partial charge on any atom is -0.317 e. The fraction of sp³-hybridized carbons (Fsp3) is 0.667. The standard InChI is InChI=1S/C18H27N3O2/c1-4-6-14(2)20-10-5-9-18(12-20)13-21(17(18)23)15-7-8-16(22)19(3)11-15/h7-8,11,14H,4-6,9-10,12-13H2,1-3H3/t14-,18+/m1/s1. The number of aryl methyl sites for hydroxylation is 1. The third kappa shape index (κ3) is 2.82. The summed E-state index contributed by atoms with van der Waals surface area (Å²) in [6.07, 6.45) is 6.22. The van der Waals surface area contributed by atoms with E-state index in [0.29, 0.717) is 6.04 Å². The Labute approximate surface area is 137 Å². The SMILES string of the molecule is CCC[C@@H](C)N1CCC[C@@]2(CN(c3ccc(=O)n(C)c3)C2=O)C1. The third-order valence-electron chi connectivity index (χ3n) is 5.48. The van der Waals surface area contributed by atoms with Crippen LogP contribution in [0.4, 0.5) is 5.69 Å². The molecule has 0 unspecified atom stereocenters. The molecular formula is C18H27N3O2. The van der Waals surface area contributed by atoms with E-state index in [2.05, 4.69) is 18.7 Å². The molecule has 1 spiro atoms. The maximum Gasteiger partial charge on any atom is 0.250 e. The lowest BCUT2D eigenvalue weighted by Crippen LogP contribution is -2.68. The number of hydrogen-bond acceptors (Lipinski definition) is 3. The van der Waals surface area contributed by atoms with Crippen LogP contribution in [0.2, 0.25) is 0 Å². The summed E-state index contributed by atoms with van der Waals surface area (Å²) >= 11 is 0. The summed E-state index contributed by atoms with van der Waals surface area (Å²) in [5, 5.41) is 0. The van der Waals surface area contributed by atoms with Gasteiger partial charge in [0.25, 0.3) is 0 Å². The van der Waals surface area contributed by atoms with Crippen molar-refractivity contribution in [1.82, 2.24) is 9.47 Å². The number of rotatable bonds is 4. The van der Waals surface area contributed by atoms with Crippen LogP contribution in [-0.2, 0) is 11.8 Å². The molecule has 3 rings (SSSR count). The number of likely N-dealkylation sites (tertiary alicyclic amines) is 1. The Bertz CT molecular complexity index is 654. The molecule has 5 nitrogen and oxygen atoms in total. The molecule has 0 saturated carbocycles. The summed E-state index contributed by atoms with van der Waals surface area (Å²) in [4.78, 5) is 28.7. The highest BCUT2D eigenvalue weighted by Crippen LogP contribution is 2.43. The molecule has 0 bridgehead atoms. The molecule has 0 radical (unpaired) electrons. The van der Waals surface area contributed by atoms with Gasteiger partial charge >= 0.3 is 0 Å². The van der Waals surface area contributed by atoms with Crippen molar-refractivity contribution in [2.24, 2.45) is 12.5 Å². The number of carbonyl (C=O) groups excluding carboxylic acids is 1. The molecule has 0 N–H and O–H groups in total. The maximum absolute atomic E-state index is 12.9. The van der Waals surface area contributed by atoms with Crippen LogP contribution in [0.1, 0.15) is 39.5 Å². The molecule has 23 heavy (non-hydrogen) atoms. The Morgan fingerprint density at radius 1 is 1.26 bits per heavy atom. The molecule has 1 amide bonds. The number of β-lactam (4-membered cyclic amide) rings is 1. The van der Waals surface area contributed by atoms with E-state index < -0.39 is 0 Å². The number of piperidine rings is 1. The molecule has 126 valence electrons. The van der Waals surface area contributed by atoms with Crippen molar-refractivity contribution in [2.75, 3.05) is 24.5 Å². The molecule has 3 heterocycles. The molecule has 2 fully saturated rings. The Morgan fingerprint density at radius 3 is 2.70 bits per heavy atom. The minimum absolute atomic E-state index is 0.0475. The largest absolute Gasteiger partial charge is 0.317 e. The van der Waals surface area contributed by atoms with E-state index in [4.69, 9.17) is 0 Å². The molecule has 2 atom stereocenters. The van der Waals surface area contributed by atoms with Gasteiger partial charge in [-0.25, -0.2) is 0 Å². The van der Waals surface area contributed by atoms with Gasteiger partial charge in [-0.05, 0) is 38.8 Å². The van der Waals surface area contributed by atoms with E-state index in [1.54, 1.807) is 19.3 Å². The van der Waals surface area contributed by atoms with E-state index >= 15 is 0 Å². The van der Waals surface area contributed by atoms with Gasteiger partial charge in [0.05, 0.1) is 11.1 Å². The number of anilines is 1. The number of amides is 1. The summed E-state index contributed by atoms with van der Waals surface area (Å²) in [6, 6.07) is 3.84. The lowest BCUT2D eigenvalue weighted by Gasteiger charge is -2.54. The zero-order valence-electron chi connectivity index (χ0n) is 14.4. The first-order valence-electron chi connectivity index (χ1n) is 8.69. The highest BCUT2D eigenvalue weighted by atomic mass is 16.2. The quantitative estimate of drug-likeness (QED) is 0.798. The Morgan fingerprint density at radius 2 is 2.04 bits per heavy atom. The number of carbonyl (C=O) groups is 1. The molecule has 2 aliphatic heterocycles. The summed E-state index contributed by atoms with van der Waals surface area (Å²) in [5.74, 6) is 0.226. The van der Waals surface area contributed by atoms with Gasteiger partial charge in [0, 0.05) is 38.4 Å². The van der Waals surface area contributed by atoms with Gasteiger partial charge in [-0.15, -0.1) is 0 Å². The van der Waals surface area contributed by atoms with Gasteiger partial charge in [0.1, 0.15) is 0 Å². The smallest absolute Gasteiger partial charge is 0.250 e. The fourth-order valence-corrected chi connectivity index (χ4v) is 4.03. The Balaban J connectivity index is 1.72. The van der Waals surface area contributed by atoms with E-state index in [-0.39, 0.29) is 16.9 Å².